The molecular weight excluding hydrogens is 442 g/mol. The number of carbonyl (C=O) groups is 1. The Morgan fingerprint density at radius 1 is 0.970 bits per heavy atom. The second-order valence-corrected chi connectivity index (χ2v) is 8.88. The number of benzene rings is 3. The summed E-state index contributed by atoms with van der Waals surface area (Å²) in [5.41, 5.74) is 2.38. The molecule has 0 unspecified atom stereocenters. The van der Waals surface area contributed by atoms with Crippen LogP contribution >= 0.6 is 11.6 Å². The third-order valence-corrected chi connectivity index (χ3v) is 6.81. The predicted octanol–water partition coefficient (Wildman–Crippen LogP) is 5.93. The number of nitrogens with zero attached hydrogens (tertiary/aromatic N) is 3. The maximum atomic E-state index is 12.7. The van der Waals surface area contributed by atoms with Gasteiger partial charge in [0.1, 0.15) is 11.4 Å². The number of hydrogen-bond donors (Lipinski definition) is 0. The van der Waals surface area contributed by atoms with Crippen molar-refractivity contribution in [1.29, 1.82) is 0 Å². The number of ether oxygens (including phenoxy) is 1. The van der Waals surface area contributed by atoms with Crippen molar-refractivity contribution < 1.29 is 14.5 Å². The van der Waals surface area contributed by atoms with Crippen molar-refractivity contribution in [1.82, 2.24) is 4.90 Å². The van der Waals surface area contributed by atoms with E-state index < -0.39 is 0 Å². The monoisotopic (exact) mass is 463 g/mol. The summed E-state index contributed by atoms with van der Waals surface area (Å²) in [4.78, 5) is 27.7. The van der Waals surface area contributed by atoms with Gasteiger partial charge >= 0.3 is 6.09 Å². The van der Waals surface area contributed by atoms with Gasteiger partial charge in [-0.25, -0.2) is 4.79 Å². The Morgan fingerprint density at radius 3 is 2.39 bits per heavy atom. The topological polar surface area (TPSA) is 75.9 Å². The van der Waals surface area contributed by atoms with Crippen LogP contribution in [0.1, 0.15) is 18.4 Å². The molecule has 0 aliphatic carbocycles. The molecule has 0 atom stereocenters. The average Bonchev–Trinajstić information content (AvgIpc) is 3.13. The molecule has 0 N–H and O–H groups in total. The molecule has 33 heavy (non-hydrogen) atoms. The Labute approximate surface area is 196 Å². The number of halogens is 1. The van der Waals surface area contributed by atoms with Crippen LogP contribution in [0.3, 0.4) is 0 Å². The van der Waals surface area contributed by atoms with E-state index in [9.17, 15) is 14.9 Å². The highest BCUT2D eigenvalue weighted by Gasteiger charge is 2.47. The fourth-order valence-corrected chi connectivity index (χ4v) is 5.08. The maximum absolute atomic E-state index is 12.7. The highest BCUT2D eigenvalue weighted by Crippen LogP contribution is 2.51. The fraction of sp³-hybridized carbons (Fsp3) is 0.240. The van der Waals surface area contributed by atoms with Crippen molar-refractivity contribution in [3.8, 4) is 5.75 Å². The summed E-state index contributed by atoms with van der Waals surface area (Å²) in [6, 6.07) is 21.6. The lowest BCUT2D eigenvalue weighted by Gasteiger charge is -2.39. The summed E-state index contributed by atoms with van der Waals surface area (Å²) in [5.74, 6) is 0.520. The lowest BCUT2D eigenvalue weighted by Crippen LogP contribution is -2.47. The van der Waals surface area contributed by atoms with Crippen LogP contribution in [0.15, 0.2) is 72.8 Å². The highest BCUT2D eigenvalue weighted by molar-refractivity contribution is 6.31. The van der Waals surface area contributed by atoms with Gasteiger partial charge in [0, 0.05) is 41.8 Å². The number of para-hydroxylation sites is 3. The summed E-state index contributed by atoms with van der Waals surface area (Å²) in [6.45, 7) is 1.67. The average molecular weight is 464 g/mol. The van der Waals surface area contributed by atoms with E-state index in [1.807, 2.05) is 41.3 Å². The summed E-state index contributed by atoms with van der Waals surface area (Å²) >= 11 is 6.32. The van der Waals surface area contributed by atoms with E-state index in [0.717, 1.165) is 24.1 Å². The number of fused-ring (bicyclic) bond motifs is 2. The Balaban J connectivity index is 1.41. The molecule has 2 heterocycles. The van der Waals surface area contributed by atoms with Gasteiger partial charge in [-0.3, -0.25) is 10.1 Å². The number of likely N-dealkylation sites (tertiary alicyclic amines) is 1. The summed E-state index contributed by atoms with van der Waals surface area (Å²) < 4.78 is 5.51. The fourth-order valence-electron chi connectivity index (χ4n) is 4.91. The van der Waals surface area contributed by atoms with E-state index in [2.05, 4.69) is 0 Å². The molecule has 2 aliphatic rings. The minimum atomic E-state index is -0.360. The van der Waals surface area contributed by atoms with Crippen LogP contribution in [0.5, 0.6) is 5.75 Å². The zero-order valence-corrected chi connectivity index (χ0v) is 18.6. The molecule has 1 amide bonds. The minimum absolute atomic E-state index is 0.0596. The second-order valence-electron chi connectivity index (χ2n) is 8.44. The third kappa shape index (κ3) is 3.89. The standard InChI is InChI=1S/C25H22ClN3O4/c26-18-10-11-20-23(16-18)28(21-8-4-5-9-22(21)29(31)32)17-25(20)12-14-27(15-13-25)24(30)33-19-6-2-1-3-7-19/h1-11,16H,12-15,17H2. The van der Waals surface area contributed by atoms with Crippen LogP contribution in [0.25, 0.3) is 0 Å². The van der Waals surface area contributed by atoms with Crippen LogP contribution in [-0.2, 0) is 5.41 Å². The van der Waals surface area contributed by atoms with Gasteiger partial charge in [-0.15, -0.1) is 0 Å². The van der Waals surface area contributed by atoms with E-state index in [4.69, 9.17) is 16.3 Å². The molecule has 3 aromatic rings. The molecule has 7 nitrogen and oxygen atoms in total. The lowest BCUT2D eigenvalue weighted by molar-refractivity contribution is -0.384. The van der Waals surface area contributed by atoms with Crippen molar-refractivity contribution in [3.63, 3.8) is 0 Å². The molecule has 0 radical (unpaired) electrons. The molecule has 3 aromatic carbocycles. The van der Waals surface area contributed by atoms with E-state index in [1.165, 1.54) is 6.07 Å². The van der Waals surface area contributed by atoms with Gasteiger partial charge in [0.25, 0.3) is 5.69 Å². The molecule has 1 saturated heterocycles. The predicted molar refractivity (Wildman–Crippen MR) is 127 cm³/mol. The number of rotatable bonds is 3. The second kappa shape index (κ2) is 8.41. The highest BCUT2D eigenvalue weighted by atomic mass is 35.5. The molecule has 8 heteroatoms. The molecule has 0 bridgehead atoms. The molecule has 168 valence electrons. The Kier molecular flexibility index (Phi) is 5.42. The Bertz CT molecular complexity index is 1210. The van der Waals surface area contributed by atoms with Crippen molar-refractivity contribution in [2.24, 2.45) is 0 Å². The summed E-state index contributed by atoms with van der Waals surface area (Å²) in [5, 5.41) is 12.3. The van der Waals surface area contributed by atoms with E-state index in [1.54, 1.807) is 35.2 Å². The number of piperidine rings is 1. The van der Waals surface area contributed by atoms with Gasteiger partial charge in [-0.1, -0.05) is 48.0 Å². The van der Waals surface area contributed by atoms with Crippen LogP contribution in [0.2, 0.25) is 5.02 Å². The smallest absolute Gasteiger partial charge is 0.410 e. The third-order valence-electron chi connectivity index (χ3n) is 6.58. The van der Waals surface area contributed by atoms with Crippen molar-refractivity contribution >= 4 is 34.8 Å². The molecular formula is C25H22ClN3O4. The molecule has 0 aromatic heterocycles. The quantitative estimate of drug-likeness (QED) is 0.355. The lowest BCUT2D eigenvalue weighted by atomic mass is 9.74. The van der Waals surface area contributed by atoms with Crippen LogP contribution in [0.4, 0.5) is 21.9 Å². The van der Waals surface area contributed by atoms with Crippen LogP contribution < -0.4 is 9.64 Å². The van der Waals surface area contributed by atoms with Gasteiger partial charge in [0.2, 0.25) is 0 Å². The molecule has 5 rings (SSSR count). The van der Waals surface area contributed by atoms with Gasteiger partial charge in [-0.05, 0) is 48.7 Å². The number of hydrogen-bond acceptors (Lipinski definition) is 5. The SMILES string of the molecule is O=C(Oc1ccccc1)N1CCC2(CC1)CN(c1ccccc1[N+](=O)[O-])c1cc(Cl)ccc12. The van der Waals surface area contributed by atoms with Gasteiger partial charge in [0.05, 0.1) is 4.92 Å². The number of nitro benzene ring substituents is 1. The Hall–Kier alpha value is -3.58. The number of anilines is 2. The molecule has 0 saturated carbocycles. The summed E-state index contributed by atoms with van der Waals surface area (Å²) in [7, 11) is 0. The number of nitro groups is 1. The van der Waals surface area contributed by atoms with E-state index in [0.29, 0.717) is 36.1 Å². The van der Waals surface area contributed by atoms with E-state index >= 15 is 0 Å². The zero-order valence-electron chi connectivity index (χ0n) is 17.8. The minimum Gasteiger partial charge on any atom is -0.410 e. The number of carbonyl (C=O) groups excluding carboxylic acids is 1. The van der Waals surface area contributed by atoms with Crippen LogP contribution in [-0.4, -0.2) is 35.6 Å². The first-order chi connectivity index (χ1) is 16.0. The van der Waals surface area contributed by atoms with Gasteiger partial charge < -0.3 is 14.5 Å². The van der Waals surface area contributed by atoms with Crippen molar-refractivity contribution in [2.45, 2.75) is 18.3 Å². The molecule has 1 spiro atoms. The zero-order chi connectivity index (χ0) is 23.0. The van der Waals surface area contributed by atoms with Crippen molar-refractivity contribution in [2.75, 3.05) is 24.5 Å². The first-order valence-corrected chi connectivity index (χ1v) is 11.2. The van der Waals surface area contributed by atoms with Gasteiger partial charge in [0.15, 0.2) is 0 Å². The first kappa shape index (κ1) is 21.3. The molecule has 2 aliphatic heterocycles. The maximum Gasteiger partial charge on any atom is 0.415 e. The Morgan fingerprint density at radius 2 is 1.67 bits per heavy atom. The molecule has 1 fully saturated rings. The van der Waals surface area contributed by atoms with E-state index in [-0.39, 0.29) is 22.1 Å². The van der Waals surface area contributed by atoms with Crippen LogP contribution in [0, 0.1) is 10.1 Å². The van der Waals surface area contributed by atoms with Crippen molar-refractivity contribution in [3.05, 3.63) is 93.5 Å². The largest absolute Gasteiger partial charge is 0.415 e. The normalized spacial score (nSPS) is 16.5. The summed E-state index contributed by atoms with van der Waals surface area (Å²) in [6.07, 6.45) is 1.09. The first-order valence-electron chi connectivity index (χ1n) is 10.8. The number of amides is 1. The van der Waals surface area contributed by atoms with Gasteiger partial charge in [-0.2, -0.15) is 0 Å².